The second kappa shape index (κ2) is 6.63. The largest absolute Gasteiger partial charge is 0.477 e. The van der Waals surface area contributed by atoms with E-state index in [1.54, 1.807) is 19.1 Å². The molecular weight excluding hydrogens is 316 g/mol. The molecule has 1 aromatic carbocycles. The standard InChI is InChI=1S/C17H17FNO3P/c1-2-21-17(20)15-9-13(11-6-5-10(23)8-14(11)18)12-4-3-7-22-16(12)19-15/h5-6,8-9H,2-4,7,23H2,1H3. The molecule has 0 amide bonds. The van der Waals surface area contributed by atoms with Gasteiger partial charge in [-0.25, -0.2) is 14.2 Å². The van der Waals surface area contributed by atoms with Crippen LogP contribution in [0.1, 0.15) is 29.4 Å². The number of hydrogen-bond acceptors (Lipinski definition) is 4. The third kappa shape index (κ3) is 3.20. The smallest absolute Gasteiger partial charge is 0.357 e. The minimum Gasteiger partial charge on any atom is -0.477 e. The molecule has 0 fully saturated rings. The van der Waals surface area contributed by atoms with E-state index in [-0.39, 0.29) is 18.1 Å². The van der Waals surface area contributed by atoms with Crippen LogP contribution in [-0.2, 0) is 11.2 Å². The van der Waals surface area contributed by atoms with Crippen molar-refractivity contribution in [2.24, 2.45) is 0 Å². The Morgan fingerprint density at radius 1 is 1.39 bits per heavy atom. The van der Waals surface area contributed by atoms with E-state index < -0.39 is 5.97 Å². The fourth-order valence-corrected chi connectivity index (χ4v) is 2.87. The molecule has 0 saturated carbocycles. The van der Waals surface area contributed by atoms with Gasteiger partial charge in [-0.1, -0.05) is 12.1 Å². The number of fused-ring (bicyclic) bond motifs is 1. The summed E-state index contributed by atoms with van der Waals surface area (Å²) in [5, 5.41) is 0.760. The predicted molar refractivity (Wildman–Crippen MR) is 88.7 cm³/mol. The first-order valence-electron chi connectivity index (χ1n) is 7.49. The minimum atomic E-state index is -0.534. The lowest BCUT2D eigenvalue weighted by Crippen LogP contribution is -2.15. The van der Waals surface area contributed by atoms with Crippen LogP contribution in [-0.4, -0.2) is 24.2 Å². The van der Waals surface area contributed by atoms with E-state index in [2.05, 4.69) is 14.2 Å². The van der Waals surface area contributed by atoms with E-state index >= 15 is 0 Å². The lowest BCUT2D eigenvalue weighted by Gasteiger charge is -2.20. The molecule has 120 valence electrons. The van der Waals surface area contributed by atoms with Crippen LogP contribution >= 0.6 is 9.24 Å². The molecule has 0 aliphatic carbocycles. The Morgan fingerprint density at radius 2 is 2.22 bits per heavy atom. The first kappa shape index (κ1) is 15.9. The summed E-state index contributed by atoms with van der Waals surface area (Å²) in [5.41, 5.74) is 2.04. The average Bonchev–Trinajstić information content (AvgIpc) is 2.54. The van der Waals surface area contributed by atoms with Crippen LogP contribution in [0.25, 0.3) is 11.1 Å². The van der Waals surface area contributed by atoms with E-state index in [0.717, 1.165) is 23.7 Å². The zero-order valence-electron chi connectivity index (χ0n) is 12.8. The molecule has 6 heteroatoms. The van der Waals surface area contributed by atoms with Crippen LogP contribution in [0.15, 0.2) is 24.3 Å². The minimum absolute atomic E-state index is 0.136. The molecule has 0 radical (unpaired) electrons. The number of esters is 1. The lowest BCUT2D eigenvalue weighted by atomic mass is 9.95. The van der Waals surface area contributed by atoms with Crippen molar-refractivity contribution in [2.75, 3.05) is 13.2 Å². The Morgan fingerprint density at radius 3 is 2.96 bits per heavy atom. The molecule has 2 heterocycles. The van der Waals surface area contributed by atoms with Crippen LogP contribution in [0.4, 0.5) is 4.39 Å². The van der Waals surface area contributed by atoms with Gasteiger partial charge in [0.15, 0.2) is 5.69 Å². The SMILES string of the molecule is CCOC(=O)c1cc(-c2ccc(P)cc2F)c2c(n1)OCCC2. The molecule has 1 atom stereocenters. The zero-order chi connectivity index (χ0) is 16.4. The molecule has 0 spiro atoms. The molecule has 0 N–H and O–H groups in total. The molecule has 0 saturated heterocycles. The summed E-state index contributed by atoms with van der Waals surface area (Å²) in [6.45, 7) is 2.52. The quantitative estimate of drug-likeness (QED) is 0.640. The van der Waals surface area contributed by atoms with Gasteiger partial charge in [0.1, 0.15) is 5.82 Å². The molecule has 4 nitrogen and oxygen atoms in total. The number of pyridine rings is 1. The molecule has 1 aliphatic heterocycles. The highest BCUT2D eigenvalue weighted by Crippen LogP contribution is 2.35. The number of nitrogens with zero attached hydrogens (tertiary/aromatic N) is 1. The van der Waals surface area contributed by atoms with Crippen LogP contribution in [0.3, 0.4) is 0 Å². The summed E-state index contributed by atoms with van der Waals surface area (Å²) >= 11 is 0. The molecule has 3 rings (SSSR count). The summed E-state index contributed by atoms with van der Waals surface area (Å²) in [6, 6.07) is 6.55. The average molecular weight is 333 g/mol. The highest BCUT2D eigenvalue weighted by molar-refractivity contribution is 7.27. The van der Waals surface area contributed by atoms with Gasteiger partial charge >= 0.3 is 5.97 Å². The normalized spacial score (nSPS) is 13.2. The van der Waals surface area contributed by atoms with Gasteiger partial charge in [0.25, 0.3) is 0 Å². The number of hydrogen-bond donors (Lipinski definition) is 0. The van der Waals surface area contributed by atoms with E-state index in [9.17, 15) is 9.18 Å². The molecular formula is C17H17FNO3P. The number of rotatable bonds is 3. The van der Waals surface area contributed by atoms with Gasteiger partial charge in [0.05, 0.1) is 13.2 Å². The van der Waals surface area contributed by atoms with E-state index in [1.807, 2.05) is 6.07 Å². The molecule has 23 heavy (non-hydrogen) atoms. The lowest BCUT2D eigenvalue weighted by molar-refractivity contribution is 0.0518. The van der Waals surface area contributed by atoms with Gasteiger partial charge in [-0.3, -0.25) is 0 Å². The topological polar surface area (TPSA) is 48.4 Å². The van der Waals surface area contributed by atoms with Gasteiger partial charge in [-0.15, -0.1) is 9.24 Å². The first-order chi connectivity index (χ1) is 11.1. The number of carbonyl (C=O) groups is 1. The molecule has 1 aromatic heterocycles. The molecule has 2 aromatic rings. The van der Waals surface area contributed by atoms with Crippen molar-refractivity contribution in [3.8, 4) is 17.0 Å². The highest BCUT2D eigenvalue weighted by atomic mass is 31.0. The summed E-state index contributed by atoms with van der Waals surface area (Å²) in [5.74, 6) is -0.480. The fourth-order valence-electron chi connectivity index (χ4n) is 2.63. The third-order valence-corrected chi connectivity index (χ3v) is 4.02. The second-order valence-corrected chi connectivity index (χ2v) is 5.92. The van der Waals surface area contributed by atoms with Crippen molar-refractivity contribution in [3.63, 3.8) is 0 Å². The van der Waals surface area contributed by atoms with Crippen LogP contribution in [0.2, 0.25) is 0 Å². The van der Waals surface area contributed by atoms with E-state index in [4.69, 9.17) is 9.47 Å². The van der Waals surface area contributed by atoms with Crippen molar-refractivity contribution in [1.82, 2.24) is 4.98 Å². The monoisotopic (exact) mass is 333 g/mol. The second-order valence-electron chi connectivity index (χ2n) is 5.25. The summed E-state index contributed by atoms with van der Waals surface area (Å²) in [6.07, 6.45) is 1.58. The van der Waals surface area contributed by atoms with Gasteiger partial charge in [0, 0.05) is 11.1 Å². The van der Waals surface area contributed by atoms with Crippen molar-refractivity contribution < 1.29 is 18.7 Å². The van der Waals surface area contributed by atoms with Crippen molar-refractivity contribution in [2.45, 2.75) is 19.8 Å². The maximum absolute atomic E-state index is 14.4. The summed E-state index contributed by atoms with van der Waals surface area (Å²) in [7, 11) is 2.46. The Kier molecular flexibility index (Phi) is 4.58. The predicted octanol–water partition coefficient (Wildman–Crippen LogP) is 2.89. The van der Waals surface area contributed by atoms with Crippen molar-refractivity contribution >= 4 is 20.5 Å². The molecule has 1 unspecified atom stereocenters. The summed E-state index contributed by atoms with van der Waals surface area (Å²) in [4.78, 5) is 16.3. The first-order valence-corrected chi connectivity index (χ1v) is 8.07. The van der Waals surface area contributed by atoms with Crippen molar-refractivity contribution in [3.05, 3.63) is 41.3 Å². The summed E-state index contributed by atoms with van der Waals surface area (Å²) < 4.78 is 25.0. The molecule has 0 bridgehead atoms. The Balaban J connectivity index is 2.17. The molecule has 1 aliphatic rings. The van der Waals surface area contributed by atoms with Gasteiger partial charge in [-0.2, -0.15) is 0 Å². The Bertz CT molecular complexity index is 764. The van der Waals surface area contributed by atoms with E-state index in [1.165, 1.54) is 6.07 Å². The van der Waals surface area contributed by atoms with Gasteiger partial charge in [-0.05, 0) is 42.8 Å². The van der Waals surface area contributed by atoms with Gasteiger partial charge < -0.3 is 9.47 Å². The third-order valence-electron chi connectivity index (χ3n) is 3.66. The highest BCUT2D eigenvalue weighted by Gasteiger charge is 2.23. The number of halogens is 1. The Hall–Kier alpha value is -2.00. The van der Waals surface area contributed by atoms with Crippen molar-refractivity contribution in [1.29, 1.82) is 0 Å². The maximum atomic E-state index is 14.4. The van der Waals surface area contributed by atoms with E-state index in [0.29, 0.717) is 23.6 Å². The number of ether oxygens (including phenoxy) is 2. The maximum Gasteiger partial charge on any atom is 0.357 e. The number of carbonyl (C=O) groups excluding carboxylic acids is 1. The number of benzene rings is 1. The van der Waals surface area contributed by atoms with Crippen LogP contribution in [0, 0.1) is 5.82 Å². The fraction of sp³-hybridized carbons (Fsp3) is 0.294. The zero-order valence-corrected chi connectivity index (χ0v) is 13.9. The van der Waals surface area contributed by atoms with Crippen LogP contribution in [0.5, 0.6) is 5.88 Å². The number of aromatic nitrogens is 1. The Labute approximate surface area is 136 Å². The van der Waals surface area contributed by atoms with Gasteiger partial charge in [0.2, 0.25) is 5.88 Å². The van der Waals surface area contributed by atoms with Crippen LogP contribution < -0.4 is 10.0 Å².